The average Bonchev–Trinajstić information content (AvgIpc) is 1.64. The fourth-order valence-corrected chi connectivity index (χ4v) is 11.0. The first-order chi connectivity index (χ1) is 4.42. The maximum absolute atomic E-state index is 6.50. The lowest BCUT2D eigenvalue weighted by atomic mass is 10.3. The van der Waals surface area contributed by atoms with Crippen molar-refractivity contribution in [3.8, 4) is 0 Å². The number of hydrogen-bond acceptors (Lipinski definition) is 2. The fraction of sp³-hybridized carbons (Fsp3) is 1.00. The van der Waals surface area contributed by atoms with Crippen LogP contribution in [0.4, 0.5) is 0 Å². The van der Waals surface area contributed by atoms with Gasteiger partial charge in [-0.3, -0.25) is 0 Å². The lowest BCUT2D eigenvalue weighted by Crippen LogP contribution is -2.22. The number of rotatable bonds is 1. The molecule has 64 valence electrons. The lowest BCUT2D eigenvalue weighted by molar-refractivity contribution is 0.311. The standard InChI is InChI=1S/C6H18Si2.H3NO/c1-6(2,3)7-8(4)5;1-2/h8H,7H2,1-5H3;2H,1H2. The molecule has 0 unspecified atom stereocenters. The summed E-state index contributed by atoms with van der Waals surface area (Å²) >= 11 is 0. The zero-order valence-corrected chi connectivity index (χ0v) is 10.4. The summed E-state index contributed by atoms with van der Waals surface area (Å²) in [5.41, 5.74) is 0. The Bertz CT molecular complexity index is 70.6. The Morgan fingerprint density at radius 1 is 1.20 bits per heavy atom. The van der Waals surface area contributed by atoms with E-state index in [1.807, 2.05) is 0 Å². The molecular weight excluding hydrogens is 158 g/mol. The molecule has 0 spiro atoms. The minimum Gasteiger partial charge on any atom is -0.320 e. The van der Waals surface area contributed by atoms with Crippen LogP contribution >= 0.6 is 0 Å². The summed E-state index contributed by atoms with van der Waals surface area (Å²) in [7, 11) is 0.167. The molecule has 0 fully saturated rings. The monoisotopic (exact) mass is 179 g/mol. The van der Waals surface area contributed by atoms with Crippen LogP contribution in [0.15, 0.2) is 0 Å². The largest absolute Gasteiger partial charge is 0.320 e. The Morgan fingerprint density at radius 3 is 1.50 bits per heavy atom. The topological polar surface area (TPSA) is 46.2 Å². The SMILES string of the molecule is C[SiH](C)[SiH2]C(C)(C)C.NO. The van der Waals surface area contributed by atoms with Gasteiger partial charge in [0.2, 0.25) is 0 Å². The van der Waals surface area contributed by atoms with E-state index in [0.717, 1.165) is 5.04 Å². The van der Waals surface area contributed by atoms with Crippen LogP contribution in [0.25, 0.3) is 0 Å². The quantitative estimate of drug-likeness (QED) is 0.460. The molecule has 4 heteroatoms. The minimum absolute atomic E-state index is 0.157. The van der Waals surface area contributed by atoms with Crippen molar-refractivity contribution in [1.82, 2.24) is 0 Å². The molecule has 0 heterocycles. The van der Waals surface area contributed by atoms with Gasteiger partial charge >= 0.3 is 0 Å². The summed E-state index contributed by atoms with van der Waals surface area (Å²) in [6.07, 6.45) is 0. The van der Waals surface area contributed by atoms with E-state index < -0.39 is 0 Å². The van der Waals surface area contributed by atoms with Gasteiger partial charge in [-0.15, -0.1) is 0 Å². The van der Waals surface area contributed by atoms with Crippen molar-refractivity contribution in [2.75, 3.05) is 0 Å². The highest BCUT2D eigenvalue weighted by Gasteiger charge is 2.12. The smallest absolute Gasteiger partial charge is 0.0186 e. The van der Waals surface area contributed by atoms with Gasteiger partial charge in [0, 0.05) is 17.4 Å². The molecule has 0 aliphatic carbocycles. The molecule has 0 rings (SSSR count). The van der Waals surface area contributed by atoms with Gasteiger partial charge in [-0.25, -0.2) is 5.90 Å². The molecule has 0 saturated heterocycles. The summed E-state index contributed by atoms with van der Waals surface area (Å²) < 4.78 is 0. The van der Waals surface area contributed by atoms with Crippen molar-refractivity contribution in [2.45, 2.75) is 38.9 Å². The molecule has 0 amide bonds. The molecule has 0 atom stereocenters. The Labute approximate surface area is 68.0 Å². The second kappa shape index (κ2) is 6.09. The summed E-state index contributed by atoms with van der Waals surface area (Å²) in [6, 6.07) is 0. The van der Waals surface area contributed by atoms with Gasteiger partial charge < -0.3 is 5.21 Å². The van der Waals surface area contributed by atoms with Gasteiger partial charge in [0.05, 0.1) is 0 Å². The molecule has 0 aromatic heterocycles. The molecule has 0 aromatic carbocycles. The van der Waals surface area contributed by atoms with E-state index in [1.54, 1.807) is 0 Å². The summed E-state index contributed by atoms with van der Waals surface area (Å²) in [5.74, 6) is 3.50. The Kier molecular flexibility index (Phi) is 7.90. The third kappa shape index (κ3) is 15.8. The molecule has 3 N–H and O–H groups in total. The lowest BCUT2D eigenvalue weighted by Gasteiger charge is -2.18. The highest BCUT2D eigenvalue weighted by atomic mass is 29.2. The molecule has 2 nitrogen and oxygen atoms in total. The fourth-order valence-electron chi connectivity index (χ4n) is 1.22. The van der Waals surface area contributed by atoms with Crippen molar-refractivity contribution in [3.05, 3.63) is 0 Å². The first-order valence-electron chi connectivity index (χ1n) is 3.67. The van der Waals surface area contributed by atoms with Crippen molar-refractivity contribution >= 4 is 17.4 Å². The molecular formula is C6H21NOSi2. The second-order valence-electron chi connectivity index (χ2n) is 4.16. The van der Waals surface area contributed by atoms with Crippen LogP contribution in [-0.2, 0) is 0 Å². The van der Waals surface area contributed by atoms with E-state index in [1.165, 1.54) is 0 Å². The second-order valence-corrected chi connectivity index (χ2v) is 15.6. The first-order valence-corrected chi connectivity index (χ1v) is 9.96. The van der Waals surface area contributed by atoms with Crippen LogP contribution in [-0.4, -0.2) is 22.6 Å². The van der Waals surface area contributed by atoms with Crippen LogP contribution in [0.3, 0.4) is 0 Å². The average molecular weight is 179 g/mol. The molecule has 0 bridgehead atoms. The zero-order chi connectivity index (χ0) is 8.78. The van der Waals surface area contributed by atoms with E-state index in [0.29, 0.717) is 9.04 Å². The van der Waals surface area contributed by atoms with E-state index >= 15 is 0 Å². The Morgan fingerprint density at radius 2 is 1.50 bits per heavy atom. The van der Waals surface area contributed by atoms with Crippen molar-refractivity contribution < 1.29 is 5.21 Å². The molecule has 10 heavy (non-hydrogen) atoms. The van der Waals surface area contributed by atoms with E-state index in [2.05, 4.69) is 39.8 Å². The highest BCUT2D eigenvalue weighted by Crippen LogP contribution is 2.20. The van der Waals surface area contributed by atoms with Gasteiger partial charge in [0.15, 0.2) is 0 Å². The first kappa shape index (κ1) is 13.0. The maximum Gasteiger partial charge on any atom is 0.0186 e. The molecule has 0 aromatic rings. The van der Waals surface area contributed by atoms with Crippen LogP contribution in [0.2, 0.25) is 18.1 Å². The van der Waals surface area contributed by atoms with Crippen LogP contribution in [0, 0.1) is 0 Å². The zero-order valence-electron chi connectivity index (χ0n) is 7.81. The molecule has 0 saturated carbocycles. The molecule has 0 aliphatic rings. The highest BCUT2D eigenvalue weighted by molar-refractivity contribution is 7.12. The Balaban J connectivity index is 0. The van der Waals surface area contributed by atoms with Crippen LogP contribution in [0.5, 0.6) is 0 Å². The van der Waals surface area contributed by atoms with E-state index in [9.17, 15) is 0 Å². The summed E-state index contributed by atoms with van der Waals surface area (Å²) in [5, 5.41) is 7.22. The van der Waals surface area contributed by atoms with Gasteiger partial charge in [0.25, 0.3) is 0 Å². The van der Waals surface area contributed by atoms with Crippen molar-refractivity contribution in [1.29, 1.82) is 0 Å². The van der Waals surface area contributed by atoms with Gasteiger partial charge in [0.1, 0.15) is 0 Å². The minimum atomic E-state index is -0.157. The van der Waals surface area contributed by atoms with Crippen LogP contribution < -0.4 is 5.90 Å². The van der Waals surface area contributed by atoms with Crippen LogP contribution in [0.1, 0.15) is 20.8 Å². The van der Waals surface area contributed by atoms with E-state index in [-0.39, 0.29) is 8.31 Å². The normalized spacial score (nSPS) is 12.0. The summed E-state index contributed by atoms with van der Waals surface area (Å²) in [4.78, 5) is 0. The van der Waals surface area contributed by atoms with Gasteiger partial charge in [-0.05, 0) is 0 Å². The number of hydrogen-bond donors (Lipinski definition) is 2. The van der Waals surface area contributed by atoms with Gasteiger partial charge in [-0.2, -0.15) is 0 Å². The Hall–Kier alpha value is 0.354. The maximum atomic E-state index is 6.50. The van der Waals surface area contributed by atoms with Gasteiger partial charge in [-0.1, -0.05) is 38.9 Å². The summed E-state index contributed by atoms with van der Waals surface area (Å²) in [6.45, 7) is 12.1. The molecule has 0 radical (unpaired) electrons. The van der Waals surface area contributed by atoms with Crippen molar-refractivity contribution in [3.63, 3.8) is 0 Å². The molecule has 0 aliphatic heterocycles. The van der Waals surface area contributed by atoms with E-state index in [4.69, 9.17) is 5.21 Å². The third-order valence-corrected chi connectivity index (χ3v) is 9.19. The third-order valence-electron chi connectivity index (χ3n) is 1.02. The van der Waals surface area contributed by atoms with Crippen molar-refractivity contribution in [2.24, 2.45) is 5.90 Å². The predicted molar refractivity (Wildman–Crippen MR) is 53.1 cm³/mol. The number of nitrogens with two attached hydrogens (primary N) is 1. The predicted octanol–water partition coefficient (Wildman–Crippen LogP) is 0.691.